The number of nitrogens with zero attached hydrogens (tertiary/aromatic N) is 1. The molecule has 2 rings (SSSR count). The number of benzene rings is 1. The Hall–Kier alpha value is -1.50. The number of methoxy groups -OCH3 is 1. The summed E-state index contributed by atoms with van der Waals surface area (Å²) in [7, 11) is 1.52. The first-order valence-electron chi connectivity index (χ1n) is 6.07. The smallest absolute Gasteiger partial charge is 0.239 e. The molecule has 1 atom stereocenters. The number of fused-ring (bicyclic) bond motifs is 1. The summed E-state index contributed by atoms with van der Waals surface area (Å²) in [5.74, 6) is -0.192. The number of ether oxygens (including phenoxy) is 1. The molecule has 0 bridgehead atoms. The second kappa shape index (κ2) is 6.60. The molecule has 0 aliphatic rings. The van der Waals surface area contributed by atoms with Crippen molar-refractivity contribution in [3.63, 3.8) is 0 Å². The molecule has 2 aromatic rings. The number of carbonyl (C=O) groups excluding carboxylic acids is 1. The molecule has 0 saturated heterocycles. The van der Waals surface area contributed by atoms with Crippen molar-refractivity contribution in [1.82, 2.24) is 10.3 Å². The van der Waals surface area contributed by atoms with Crippen LogP contribution < -0.4 is 11.1 Å². The summed E-state index contributed by atoms with van der Waals surface area (Å²) < 4.78 is 6.00. The Morgan fingerprint density at radius 3 is 3.05 bits per heavy atom. The van der Waals surface area contributed by atoms with Crippen LogP contribution in [0.25, 0.3) is 10.2 Å². The van der Waals surface area contributed by atoms with Crippen LogP contribution in [0.15, 0.2) is 24.3 Å². The highest BCUT2D eigenvalue weighted by molar-refractivity contribution is 7.18. The molecule has 6 heteroatoms. The van der Waals surface area contributed by atoms with E-state index in [9.17, 15) is 4.79 Å². The molecule has 3 N–H and O–H groups in total. The predicted molar refractivity (Wildman–Crippen MR) is 76.2 cm³/mol. The SMILES string of the molecule is COCC(N)C(=O)NCCc1nc2ccccc2s1. The van der Waals surface area contributed by atoms with Crippen LogP contribution in [-0.2, 0) is 16.0 Å². The fraction of sp³-hybridized carbons (Fsp3) is 0.385. The third-order valence-electron chi connectivity index (χ3n) is 2.66. The van der Waals surface area contributed by atoms with Crippen LogP contribution in [0.2, 0.25) is 0 Å². The molecule has 1 unspecified atom stereocenters. The van der Waals surface area contributed by atoms with Crippen molar-refractivity contribution in [3.05, 3.63) is 29.3 Å². The zero-order chi connectivity index (χ0) is 13.7. The van der Waals surface area contributed by atoms with Gasteiger partial charge in [-0.05, 0) is 12.1 Å². The van der Waals surface area contributed by atoms with Crippen molar-refractivity contribution < 1.29 is 9.53 Å². The van der Waals surface area contributed by atoms with Crippen LogP contribution in [0.5, 0.6) is 0 Å². The minimum absolute atomic E-state index is 0.192. The van der Waals surface area contributed by atoms with Gasteiger partial charge in [-0.15, -0.1) is 11.3 Å². The molecule has 1 amide bonds. The number of nitrogens with two attached hydrogens (primary N) is 1. The molecular weight excluding hydrogens is 262 g/mol. The standard InChI is InChI=1S/C13H17N3O2S/c1-18-8-9(14)13(17)15-7-6-12-16-10-4-2-3-5-11(10)19-12/h2-5,9H,6-8,14H2,1H3,(H,15,17). The molecule has 1 aromatic carbocycles. The van der Waals surface area contributed by atoms with Crippen LogP contribution in [0.3, 0.4) is 0 Å². The molecule has 102 valence electrons. The Bertz CT molecular complexity index is 523. The first kappa shape index (κ1) is 13.9. The number of hydrogen-bond donors (Lipinski definition) is 2. The van der Waals surface area contributed by atoms with E-state index in [1.165, 1.54) is 11.8 Å². The number of rotatable bonds is 6. The average Bonchev–Trinajstić information content (AvgIpc) is 2.81. The largest absolute Gasteiger partial charge is 0.383 e. The number of thiazole rings is 1. The Morgan fingerprint density at radius 1 is 1.53 bits per heavy atom. The highest BCUT2D eigenvalue weighted by Crippen LogP contribution is 2.21. The zero-order valence-corrected chi connectivity index (χ0v) is 11.6. The van der Waals surface area contributed by atoms with Gasteiger partial charge in [-0.3, -0.25) is 4.79 Å². The fourth-order valence-electron chi connectivity index (χ4n) is 1.71. The Balaban J connectivity index is 1.84. The third kappa shape index (κ3) is 3.73. The number of hydrogen-bond acceptors (Lipinski definition) is 5. The number of nitrogens with one attached hydrogen (secondary N) is 1. The van der Waals surface area contributed by atoms with Gasteiger partial charge in [0.15, 0.2) is 0 Å². The van der Waals surface area contributed by atoms with Crippen molar-refractivity contribution in [3.8, 4) is 0 Å². The molecule has 5 nitrogen and oxygen atoms in total. The van der Waals surface area contributed by atoms with Gasteiger partial charge in [0.05, 0.1) is 21.8 Å². The van der Waals surface area contributed by atoms with Crippen LogP contribution in [-0.4, -0.2) is 37.2 Å². The normalized spacial score (nSPS) is 12.5. The molecule has 0 fully saturated rings. The van der Waals surface area contributed by atoms with Crippen molar-refractivity contribution in [1.29, 1.82) is 0 Å². The molecule has 0 aliphatic heterocycles. The van der Waals surface area contributed by atoms with Crippen LogP contribution in [0.1, 0.15) is 5.01 Å². The van der Waals surface area contributed by atoms with Gasteiger partial charge in [-0.25, -0.2) is 4.98 Å². The Morgan fingerprint density at radius 2 is 2.32 bits per heavy atom. The molecular formula is C13H17N3O2S. The highest BCUT2D eigenvalue weighted by atomic mass is 32.1. The number of aromatic nitrogens is 1. The van der Waals surface area contributed by atoms with E-state index < -0.39 is 6.04 Å². The van der Waals surface area contributed by atoms with Crippen molar-refractivity contribution in [2.45, 2.75) is 12.5 Å². The van der Waals surface area contributed by atoms with Gasteiger partial charge in [0.1, 0.15) is 6.04 Å². The molecule has 0 saturated carbocycles. The van der Waals surface area contributed by atoms with Crippen LogP contribution in [0, 0.1) is 0 Å². The van der Waals surface area contributed by atoms with Gasteiger partial charge in [-0.1, -0.05) is 12.1 Å². The van der Waals surface area contributed by atoms with Gasteiger partial charge in [0.25, 0.3) is 0 Å². The van der Waals surface area contributed by atoms with Gasteiger partial charge >= 0.3 is 0 Å². The van der Waals surface area contributed by atoms with Crippen molar-refractivity contribution in [2.75, 3.05) is 20.3 Å². The van der Waals surface area contributed by atoms with E-state index in [4.69, 9.17) is 10.5 Å². The summed E-state index contributed by atoms with van der Waals surface area (Å²) in [6.45, 7) is 0.767. The number of para-hydroxylation sites is 1. The number of carbonyl (C=O) groups is 1. The monoisotopic (exact) mass is 279 g/mol. The third-order valence-corrected chi connectivity index (χ3v) is 3.76. The number of amides is 1. The van der Waals surface area contributed by atoms with Gasteiger partial charge < -0.3 is 15.8 Å². The lowest BCUT2D eigenvalue weighted by Gasteiger charge is -2.10. The summed E-state index contributed by atoms with van der Waals surface area (Å²) in [6.07, 6.45) is 0.713. The minimum atomic E-state index is -0.611. The van der Waals surface area contributed by atoms with E-state index in [-0.39, 0.29) is 12.5 Å². The summed E-state index contributed by atoms with van der Waals surface area (Å²) in [5, 5.41) is 3.80. The van der Waals surface area contributed by atoms with Gasteiger partial charge in [0.2, 0.25) is 5.91 Å². The summed E-state index contributed by atoms with van der Waals surface area (Å²) >= 11 is 1.65. The summed E-state index contributed by atoms with van der Waals surface area (Å²) in [6, 6.07) is 7.39. The molecule has 0 spiro atoms. The topological polar surface area (TPSA) is 77.2 Å². The van der Waals surface area contributed by atoms with Crippen molar-refractivity contribution >= 4 is 27.5 Å². The van der Waals surface area contributed by atoms with E-state index in [2.05, 4.69) is 10.3 Å². The molecule has 0 aliphatic carbocycles. The summed E-state index contributed by atoms with van der Waals surface area (Å²) in [4.78, 5) is 16.1. The van der Waals surface area contributed by atoms with E-state index in [0.717, 1.165) is 10.5 Å². The minimum Gasteiger partial charge on any atom is -0.383 e. The Labute approximate surface area is 115 Å². The van der Waals surface area contributed by atoms with Gasteiger partial charge in [0, 0.05) is 20.1 Å². The zero-order valence-electron chi connectivity index (χ0n) is 10.8. The second-order valence-corrected chi connectivity index (χ2v) is 5.29. The first-order valence-corrected chi connectivity index (χ1v) is 6.89. The molecule has 19 heavy (non-hydrogen) atoms. The summed E-state index contributed by atoms with van der Waals surface area (Å²) in [5.41, 5.74) is 6.62. The molecule has 1 heterocycles. The maximum atomic E-state index is 11.6. The van der Waals surface area contributed by atoms with Crippen molar-refractivity contribution in [2.24, 2.45) is 5.73 Å². The average molecular weight is 279 g/mol. The van der Waals surface area contributed by atoms with E-state index in [1.807, 2.05) is 24.3 Å². The lowest BCUT2D eigenvalue weighted by Crippen LogP contribution is -2.44. The van der Waals surface area contributed by atoms with E-state index in [0.29, 0.717) is 13.0 Å². The van der Waals surface area contributed by atoms with Gasteiger partial charge in [-0.2, -0.15) is 0 Å². The van der Waals surface area contributed by atoms with E-state index >= 15 is 0 Å². The quantitative estimate of drug-likeness (QED) is 0.824. The molecule has 1 aromatic heterocycles. The maximum Gasteiger partial charge on any atom is 0.239 e. The van der Waals surface area contributed by atoms with Crippen LogP contribution in [0.4, 0.5) is 0 Å². The Kier molecular flexibility index (Phi) is 4.84. The maximum absolute atomic E-state index is 11.6. The first-order chi connectivity index (χ1) is 9.20. The fourth-order valence-corrected chi connectivity index (χ4v) is 2.67. The van der Waals surface area contributed by atoms with E-state index in [1.54, 1.807) is 11.3 Å². The lowest BCUT2D eigenvalue weighted by molar-refractivity contribution is -0.123. The second-order valence-electron chi connectivity index (χ2n) is 4.18. The van der Waals surface area contributed by atoms with Crippen LogP contribution >= 0.6 is 11.3 Å². The predicted octanol–water partition coefficient (Wildman–Crippen LogP) is 0.929. The lowest BCUT2D eigenvalue weighted by atomic mass is 10.3. The molecule has 0 radical (unpaired) electrons. The highest BCUT2D eigenvalue weighted by Gasteiger charge is 2.12.